The zero-order valence-electron chi connectivity index (χ0n) is 10.6. The van der Waals surface area contributed by atoms with Gasteiger partial charge >= 0.3 is 0 Å². The van der Waals surface area contributed by atoms with E-state index in [1.165, 1.54) is 0 Å². The number of carbonyl (C=O) groups is 1. The number of ether oxygens (including phenoxy) is 1. The lowest BCUT2D eigenvalue weighted by molar-refractivity contribution is -0.120. The largest absolute Gasteiger partial charge is 0.491 e. The summed E-state index contributed by atoms with van der Waals surface area (Å²) >= 11 is 5.48. The molecule has 3 nitrogen and oxygen atoms in total. The molecule has 0 saturated carbocycles. The Morgan fingerprint density at radius 2 is 1.95 bits per heavy atom. The van der Waals surface area contributed by atoms with Crippen molar-refractivity contribution in [3.8, 4) is 5.75 Å². The van der Waals surface area contributed by atoms with Gasteiger partial charge in [-0.25, -0.2) is 0 Å². The lowest BCUT2D eigenvalue weighted by atomic mass is 10.1. The molecule has 1 N–H and O–H groups in total. The van der Waals surface area contributed by atoms with Gasteiger partial charge in [0.25, 0.3) is 0 Å². The first-order chi connectivity index (χ1) is 9.31. The molecular weight excluding hydrogens is 262 g/mol. The molecule has 19 heavy (non-hydrogen) atoms. The average Bonchev–Trinajstić information content (AvgIpc) is 2.44. The van der Waals surface area contributed by atoms with E-state index in [-0.39, 0.29) is 5.91 Å². The number of halogens is 1. The van der Waals surface area contributed by atoms with Crippen LogP contribution in [0.25, 0.3) is 10.8 Å². The lowest BCUT2D eigenvalue weighted by Crippen LogP contribution is -2.28. The lowest BCUT2D eigenvalue weighted by Gasteiger charge is -2.09. The van der Waals surface area contributed by atoms with Crippen LogP contribution in [0.5, 0.6) is 5.75 Å². The predicted molar refractivity (Wildman–Crippen MR) is 77.8 cm³/mol. The Balaban J connectivity index is 1.90. The van der Waals surface area contributed by atoms with Crippen molar-refractivity contribution >= 4 is 28.3 Å². The van der Waals surface area contributed by atoms with Crippen LogP contribution in [0.2, 0.25) is 0 Å². The van der Waals surface area contributed by atoms with Gasteiger partial charge in [-0.1, -0.05) is 36.4 Å². The minimum Gasteiger partial charge on any atom is -0.491 e. The molecule has 0 aliphatic carbocycles. The standard InChI is InChI=1S/C15H16ClNO2/c16-9-8-15(18)17-10-11-19-14-7-3-5-12-4-1-2-6-13(12)14/h1-7H,8-11H2,(H,17,18). The van der Waals surface area contributed by atoms with Gasteiger partial charge in [-0.05, 0) is 11.5 Å². The van der Waals surface area contributed by atoms with Gasteiger partial charge in [0.05, 0.1) is 6.54 Å². The molecule has 0 atom stereocenters. The first kappa shape index (κ1) is 13.7. The highest BCUT2D eigenvalue weighted by Gasteiger charge is 2.02. The maximum absolute atomic E-state index is 11.2. The second-order valence-electron chi connectivity index (χ2n) is 4.11. The van der Waals surface area contributed by atoms with Crippen LogP contribution in [0, 0.1) is 0 Å². The Morgan fingerprint density at radius 1 is 1.16 bits per heavy atom. The van der Waals surface area contributed by atoms with Crippen molar-refractivity contribution in [3.63, 3.8) is 0 Å². The topological polar surface area (TPSA) is 38.3 Å². The summed E-state index contributed by atoms with van der Waals surface area (Å²) in [6.45, 7) is 0.932. The summed E-state index contributed by atoms with van der Waals surface area (Å²) in [5, 5.41) is 4.98. The van der Waals surface area contributed by atoms with E-state index in [2.05, 4.69) is 5.32 Å². The molecule has 0 heterocycles. The Labute approximate surface area is 117 Å². The quantitative estimate of drug-likeness (QED) is 0.651. The normalized spacial score (nSPS) is 10.4. The summed E-state index contributed by atoms with van der Waals surface area (Å²) in [7, 11) is 0. The van der Waals surface area contributed by atoms with Gasteiger partial charge in [-0.2, -0.15) is 0 Å². The molecule has 2 rings (SSSR count). The van der Waals surface area contributed by atoms with E-state index in [1.54, 1.807) is 0 Å². The van der Waals surface area contributed by atoms with Crippen LogP contribution in [-0.2, 0) is 4.79 Å². The molecule has 2 aromatic carbocycles. The summed E-state index contributed by atoms with van der Waals surface area (Å²) in [4.78, 5) is 11.2. The number of hydrogen-bond acceptors (Lipinski definition) is 2. The van der Waals surface area contributed by atoms with Crippen LogP contribution >= 0.6 is 11.6 Å². The Morgan fingerprint density at radius 3 is 2.79 bits per heavy atom. The molecule has 0 fully saturated rings. The number of fused-ring (bicyclic) bond motifs is 1. The molecule has 0 bridgehead atoms. The van der Waals surface area contributed by atoms with Crippen LogP contribution in [0.15, 0.2) is 42.5 Å². The molecule has 0 unspecified atom stereocenters. The van der Waals surface area contributed by atoms with Crippen molar-refractivity contribution in [3.05, 3.63) is 42.5 Å². The van der Waals surface area contributed by atoms with E-state index in [0.717, 1.165) is 16.5 Å². The number of hydrogen-bond donors (Lipinski definition) is 1. The van der Waals surface area contributed by atoms with Crippen molar-refractivity contribution < 1.29 is 9.53 Å². The van der Waals surface area contributed by atoms with Crippen molar-refractivity contribution in [2.24, 2.45) is 0 Å². The summed E-state index contributed by atoms with van der Waals surface area (Å²) in [6, 6.07) is 14.0. The van der Waals surface area contributed by atoms with E-state index in [4.69, 9.17) is 16.3 Å². The molecule has 0 aliphatic heterocycles. The highest BCUT2D eigenvalue weighted by Crippen LogP contribution is 2.24. The van der Waals surface area contributed by atoms with Crippen LogP contribution in [0.3, 0.4) is 0 Å². The van der Waals surface area contributed by atoms with Crippen LogP contribution < -0.4 is 10.1 Å². The van der Waals surface area contributed by atoms with E-state index >= 15 is 0 Å². The Bertz CT molecular complexity index is 551. The van der Waals surface area contributed by atoms with Crippen molar-refractivity contribution in [1.29, 1.82) is 0 Å². The summed E-state index contributed by atoms with van der Waals surface area (Å²) in [5.74, 6) is 1.14. The fourth-order valence-corrected chi connectivity index (χ4v) is 2.02. The number of rotatable bonds is 6. The van der Waals surface area contributed by atoms with Crippen molar-refractivity contribution in [2.75, 3.05) is 19.0 Å². The zero-order chi connectivity index (χ0) is 13.5. The molecule has 0 saturated heterocycles. The van der Waals surface area contributed by atoms with Crippen molar-refractivity contribution in [1.82, 2.24) is 5.32 Å². The van der Waals surface area contributed by atoms with Gasteiger partial charge in [0.15, 0.2) is 0 Å². The Hall–Kier alpha value is -1.74. The van der Waals surface area contributed by atoms with E-state index in [0.29, 0.717) is 25.5 Å². The average molecular weight is 278 g/mol. The van der Waals surface area contributed by atoms with Crippen LogP contribution in [0.1, 0.15) is 6.42 Å². The molecular formula is C15H16ClNO2. The SMILES string of the molecule is O=C(CCCl)NCCOc1cccc2ccccc12. The third-order valence-corrected chi connectivity index (χ3v) is 2.94. The van der Waals surface area contributed by atoms with Gasteiger partial charge in [0, 0.05) is 17.7 Å². The smallest absolute Gasteiger partial charge is 0.221 e. The predicted octanol–water partition coefficient (Wildman–Crippen LogP) is 2.96. The fourth-order valence-electron chi connectivity index (χ4n) is 1.85. The number of amides is 1. The number of carbonyl (C=O) groups excluding carboxylic acids is 1. The van der Waals surface area contributed by atoms with Crippen molar-refractivity contribution in [2.45, 2.75) is 6.42 Å². The van der Waals surface area contributed by atoms with Gasteiger partial charge in [0.2, 0.25) is 5.91 Å². The molecule has 2 aromatic rings. The molecule has 0 aliphatic rings. The zero-order valence-corrected chi connectivity index (χ0v) is 11.3. The summed E-state index contributed by atoms with van der Waals surface area (Å²) in [6.07, 6.45) is 0.343. The maximum Gasteiger partial charge on any atom is 0.221 e. The third-order valence-electron chi connectivity index (χ3n) is 2.75. The number of alkyl halides is 1. The van der Waals surface area contributed by atoms with E-state index < -0.39 is 0 Å². The summed E-state index contributed by atoms with van der Waals surface area (Å²) < 4.78 is 5.70. The van der Waals surface area contributed by atoms with Gasteiger partial charge in [-0.3, -0.25) is 4.79 Å². The molecule has 0 radical (unpaired) electrons. The first-order valence-corrected chi connectivity index (χ1v) is 6.78. The maximum atomic E-state index is 11.2. The molecule has 100 valence electrons. The highest BCUT2D eigenvalue weighted by atomic mass is 35.5. The van der Waals surface area contributed by atoms with E-state index in [9.17, 15) is 4.79 Å². The van der Waals surface area contributed by atoms with Gasteiger partial charge in [0.1, 0.15) is 12.4 Å². The highest BCUT2D eigenvalue weighted by molar-refractivity contribution is 6.18. The third kappa shape index (κ3) is 3.86. The molecule has 0 spiro atoms. The monoisotopic (exact) mass is 277 g/mol. The fraction of sp³-hybridized carbons (Fsp3) is 0.267. The van der Waals surface area contributed by atoms with Crippen LogP contribution in [0.4, 0.5) is 0 Å². The number of benzene rings is 2. The molecule has 1 amide bonds. The van der Waals surface area contributed by atoms with Gasteiger partial charge in [-0.15, -0.1) is 11.6 Å². The first-order valence-electron chi connectivity index (χ1n) is 6.24. The molecule has 4 heteroatoms. The minimum absolute atomic E-state index is 0.0449. The van der Waals surface area contributed by atoms with Crippen LogP contribution in [-0.4, -0.2) is 24.9 Å². The van der Waals surface area contributed by atoms with Gasteiger partial charge < -0.3 is 10.1 Å². The number of nitrogens with one attached hydrogen (secondary N) is 1. The summed E-state index contributed by atoms with van der Waals surface area (Å²) in [5.41, 5.74) is 0. The minimum atomic E-state index is -0.0449. The second kappa shape index (κ2) is 7.00. The van der Waals surface area contributed by atoms with E-state index in [1.807, 2.05) is 42.5 Å². The molecule has 0 aromatic heterocycles. The Kier molecular flexibility index (Phi) is 5.04. The second-order valence-corrected chi connectivity index (χ2v) is 4.49.